The summed E-state index contributed by atoms with van der Waals surface area (Å²) in [5.74, 6) is -0.00173. The number of ether oxygens (including phenoxy) is 1. The number of morpholine rings is 1. The second-order valence-electron chi connectivity index (χ2n) is 5.97. The van der Waals surface area contributed by atoms with Crippen LogP contribution in [0.25, 0.3) is 10.9 Å². The Morgan fingerprint density at radius 3 is 3.04 bits per heavy atom. The zero-order chi connectivity index (χ0) is 16.4. The zero-order valence-corrected chi connectivity index (χ0v) is 14.2. The fourth-order valence-corrected chi connectivity index (χ4v) is 3.19. The van der Waals surface area contributed by atoms with Crippen molar-refractivity contribution in [3.8, 4) is 0 Å². The van der Waals surface area contributed by atoms with Crippen molar-refractivity contribution >= 4 is 28.4 Å². The van der Waals surface area contributed by atoms with E-state index < -0.39 is 0 Å². The topological polar surface area (TPSA) is 57.4 Å². The van der Waals surface area contributed by atoms with Crippen LogP contribution in [0.1, 0.15) is 18.2 Å². The van der Waals surface area contributed by atoms with Gasteiger partial charge in [-0.3, -0.25) is 9.69 Å². The summed E-state index contributed by atoms with van der Waals surface area (Å²) in [5, 5.41) is 4.83. The number of hydrogen-bond acceptors (Lipinski definition) is 3. The highest BCUT2D eigenvalue weighted by atomic mass is 35.5. The Balaban J connectivity index is 1.68. The molecule has 1 aliphatic rings. The monoisotopic (exact) mass is 335 g/mol. The van der Waals surface area contributed by atoms with Gasteiger partial charge in [0.1, 0.15) is 6.04 Å². The van der Waals surface area contributed by atoms with E-state index in [1.165, 1.54) is 0 Å². The average Bonchev–Trinajstić information content (AvgIpc) is 2.93. The third-order valence-electron chi connectivity index (χ3n) is 4.38. The standard InChI is InChI=1S/C17H22ClN3O2/c1-3-11-8-15-12(7-14(11)18)6-13(20-15)9-19-17(22)16-10-23-5-4-21(16)2/h6-8,16,20H,3-5,9-10H2,1-2H3,(H,19,22). The lowest BCUT2D eigenvalue weighted by atomic mass is 10.1. The molecule has 0 bridgehead atoms. The smallest absolute Gasteiger partial charge is 0.240 e. The number of H-pyrrole nitrogens is 1. The first-order valence-corrected chi connectivity index (χ1v) is 8.32. The van der Waals surface area contributed by atoms with E-state index in [1.807, 2.05) is 24.1 Å². The third-order valence-corrected chi connectivity index (χ3v) is 4.73. The summed E-state index contributed by atoms with van der Waals surface area (Å²) in [6, 6.07) is 5.86. The van der Waals surface area contributed by atoms with Crippen molar-refractivity contribution in [1.29, 1.82) is 0 Å². The van der Waals surface area contributed by atoms with Crippen molar-refractivity contribution in [3.05, 3.63) is 34.5 Å². The number of benzene rings is 1. The molecule has 1 saturated heterocycles. The fraction of sp³-hybridized carbons (Fsp3) is 0.471. The molecule has 1 aliphatic heterocycles. The van der Waals surface area contributed by atoms with Gasteiger partial charge in [-0.15, -0.1) is 0 Å². The van der Waals surface area contributed by atoms with Crippen LogP contribution >= 0.6 is 11.6 Å². The number of amides is 1. The highest BCUT2D eigenvalue weighted by Crippen LogP contribution is 2.25. The molecular weight excluding hydrogens is 314 g/mol. The Labute approximate surface area is 140 Å². The van der Waals surface area contributed by atoms with Crippen molar-refractivity contribution in [3.63, 3.8) is 0 Å². The second kappa shape index (κ2) is 6.91. The number of carbonyl (C=O) groups excluding carboxylic acids is 1. The number of nitrogens with one attached hydrogen (secondary N) is 2. The van der Waals surface area contributed by atoms with Crippen LogP contribution in [0.4, 0.5) is 0 Å². The Bertz CT molecular complexity index is 713. The molecular formula is C17H22ClN3O2. The molecule has 1 atom stereocenters. The van der Waals surface area contributed by atoms with Gasteiger partial charge in [0.25, 0.3) is 0 Å². The van der Waals surface area contributed by atoms with Gasteiger partial charge >= 0.3 is 0 Å². The van der Waals surface area contributed by atoms with E-state index in [4.69, 9.17) is 16.3 Å². The van der Waals surface area contributed by atoms with Crippen LogP contribution in [0.3, 0.4) is 0 Å². The molecule has 2 heterocycles. The van der Waals surface area contributed by atoms with Crippen LogP contribution < -0.4 is 5.32 Å². The minimum absolute atomic E-state index is 0.00173. The fourth-order valence-electron chi connectivity index (χ4n) is 2.89. The molecule has 6 heteroatoms. The van der Waals surface area contributed by atoms with E-state index >= 15 is 0 Å². The van der Waals surface area contributed by atoms with Crippen LogP contribution in [0.15, 0.2) is 18.2 Å². The molecule has 0 aliphatic carbocycles. The number of halogens is 1. The van der Waals surface area contributed by atoms with Crippen molar-refractivity contribution in [2.24, 2.45) is 0 Å². The Hall–Kier alpha value is -1.56. The third kappa shape index (κ3) is 3.52. The number of aromatic amines is 1. The first-order valence-electron chi connectivity index (χ1n) is 7.94. The summed E-state index contributed by atoms with van der Waals surface area (Å²) in [6.07, 6.45) is 0.897. The molecule has 0 saturated carbocycles. The lowest BCUT2D eigenvalue weighted by Crippen LogP contribution is -2.51. The Kier molecular flexibility index (Phi) is 4.90. The molecule has 124 valence electrons. The number of carbonyl (C=O) groups is 1. The van der Waals surface area contributed by atoms with E-state index in [0.717, 1.165) is 40.1 Å². The lowest BCUT2D eigenvalue weighted by molar-refractivity contribution is -0.131. The van der Waals surface area contributed by atoms with Crippen LogP contribution in [-0.2, 0) is 22.5 Å². The van der Waals surface area contributed by atoms with Gasteiger partial charge in [-0.05, 0) is 37.2 Å². The van der Waals surface area contributed by atoms with Crippen molar-refractivity contribution in [2.45, 2.75) is 25.9 Å². The molecule has 1 amide bonds. The molecule has 2 N–H and O–H groups in total. The molecule has 1 fully saturated rings. The van der Waals surface area contributed by atoms with Crippen LogP contribution in [-0.4, -0.2) is 48.6 Å². The minimum Gasteiger partial charge on any atom is -0.378 e. The Morgan fingerprint density at radius 1 is 1.48 bits per heavy atom. The second-order valence-corrected chi connectivity index (χ2v) is 6.38. The number of nitrogens with zero attached hydrogens (tertiary/aromatic N) is 1. The van der Waals surface area contributed by atoms with Gasteiger partial charge in [0, 0.05) is 28.2 Å². The van der Waals surface area contributed by atoms with Gasteiger partial charge < -0.3 is 15.0 Å². The highest BCUT2D eigenvalue weighted by molar-refractivity contribution is 6.32. The van der Waals surface area contributed by atoms with Crippen molar-refractivity contribution in [1.82, 2.24) is 15.2 Å². The van der Waals surface area contributed by atoms with Gasteiger partial charge in [0.2, 0.25) is 5.91 Å². The number of hydrogen-bond donors (Lipinski definition) is 2. The van der Waals surface area contributed by atoms with Gasteiger partial charge in [-0.2, -0.15) is 0 Å². The van der Waals surface area contributed by atoms with E-state index in [1.54, 1.807) is 0 Å². The molecule has 23 heavy (non-hydrogen) atoms. The number of rotatable bonds is 4. The maximum Gasteiger partial charge on any atom is 0.240 e. The van der Waals surface area contributed by atoms with Gasteiger partial charge in [0.05, 0.1) is 19.8 Å². The predicted octanol–water partition coefficient (Wildman–Crippen LogP) is 2.33. The van der Waals surface area contributed by atoms with Crippen LogP contribution in [0, 0.1) is 0 Å². The first kappa shape index (κ1) is 16.3. The van der Waals surface area contributed by atoms with E-state index in [2.05, 4.69) is 23.3 Å². The van der Waals surface area contributed by atoms with Crippen LogP contribution in [0.5, 0.6) is 0 Å². The zero-order valence-electron chi connectivity index (χ0n) is 13.5. The molecule has 0 radical (unpaired) electrons. The largest absolute Gasteiger partial charge is 0.378 e. The SMILES string of the molecule is CCc1cc2[nH]c(CNC(=O)C3COCCN3C)cc2cc1Cl. The Morgan fingerprint density at radius 2 is 2.30 bits per heavy atom. The first-order chi connectivity index (χ1) is 11.1. The molecule has 1 aromatic carbocycles. The van der Waals surface area contributed by atoms with Crippen molar-refractivity contribution < 1.29 is 9.53 Å². The minimum atomic E-state index is -0.214. The number of fused-ring (bicyclic) bond motifs is 1. The number of likely N-dealkylation sites (N-methyl/N-ethyl adjacent to an activating group) is 1. The molecule has 5 nitrogen and oxygen atoms in total. The average molecular weight is 336 g/mol. The van der Waals surface area contributed by atoms with E-state index in [0.29, 0.717) is 19.8 Å². The normalized spacial score (nSPS) is 19.2. The summed E-state index contributed by atoms with van der Waals surface area (Å²) < 4.78 is 5.39. The number of aryl methyl sites for hydroxylation is 1. The quantitative estimate of drug-likeness (QED) is 0.901. The summed E-state index contributed by atoms with van der Waals surface area (Å²) in [7, 11) is 1.95. The van der Waals surface area contributed by atoms with Gasteiger partial charge in [-0.25, -0.2) is 0 Å². The van der Waals surface area contributed by atoms with E-state index in [-0.39, 0.29) is 11.9 Å². The highest BCUT2D eigenvalue weighted by Gasteiger charge is 2.26. The summed E-state index contributed by atoms with van der Waals surface area (Å²) in [5.41, 5.74) is 3.14. The van der Waals surface area contributed by atoms with Gasteiger partial charge in [0.15, 0.2) is 0 Å². The summed E-state index contributed by atoms with van der Waals surface area (Å²) >= 11 is 6.25. The molecule has 1 unspecified atom stereocenters. The molecule has 1 aromatic heterocycles. The lowest BCUT2D eigenvalue weighted by Gasteiger charge is -2.31. The maximum atomic E-state index is 12.3. The maximum absolute atomic E-state index is 12.3. The predicted molar refractivity (Wildman–Crippen MR) is 91.8 cm³/mol. The molecule has 0 spiro atoms. The van der Waals surface area contributed by atoms with E-state index in [9.17, 15) is 4.79 Å². The molecule has 2 aromatic rings. The van der Waals surface area contributed by atoms with Crippen LogP contribution in [0.2, 0.25) is 5.02 Å². The summed E-state index contributed by atoms with van der Waals surface area (Å²) in [4.78, 5) is 17.7. The molecule has 3 rings (SSSR count). The van der Waals surface area contributed by atoms with Crippen molar-refractivity contribution in [2.75, 3.05) is 26.8 Å². The summed E-state index contributed by atoms with van der Waals surface area (Å²) in [6.45, 7) is 4.47. The van der Waals surface area contributed by atoms with Gasteiger partial charge in [-0.1, -0.05) is 18.5 Å². The number of aromatic nitrogens is 1.